The first-order valence-corrected chi connectivity index (χ1v) is 6.36. The minimum atomic E-state index is -0.494. The van der Waals surface area contributed by atoms with Crippen LogP contribution < -0.4 is 5.73 Å². The molecule has 1 saturated heterocycles. The largest absolute Gasteiger partial charge is 0.464 e. The van der Waals surface area contributed by atoms with Gasteiger partial charge in [0.2, 0.25) is 5.91 Å². The minimum absolute atomic E-state index is 0.0576. The van der Waals surface area contributed by atoms with Crippen molar-refractivity contribution in [1.29, 1.82) is 0 Å². The third-order valence-electron chi connectivity index (χ3n) is 3.16. The number of aryl methyl sites for hydroxylation is 1. The van der Waals surface area contributed by atoms with Crippen LogP contribution in [0.5, 0.6) is 0 Å². The lowest BCUT2D eigenvalue weighted by Crippen LogP contribution is -2.49. The number of morpholine rings is 1. The molecular weight excluding hydrogens is 232 g/mol. The molecule has 1 fully saturated rings. The molecule has 0 radical (unpaired) electrons. The summed E-state index contributed by atoms with van der Waals surface area (Å²) in [7, 11) is 0. The van der Waals surface area contributed by atoms with Gasteiger partial charge in [0.25, 0.3) is 0 Å². The summed E-state index contributed by atoms with van der Waals surface area (Å²) in [6.07, 6.45) is 0.842. The Labute approximate surface area is 107 Å². The van der Waals surface area contributed by atoms with Crippen molar-refractivity contribution in [2.45, 2.75) is 32.4 Å². The van der Waals surface area contributed by atoms with Crippen molar-refractivity contribution in [3.05, 3.63) is 23.7 Å². The molecule has 2 heterocycles. The predicted molar refractivity (Wildman–Crippen MR) is 67.0 cm³/mol. The minimum Gasteiger partial charge on any atom is -0.464 e. The molecule has 0 saturated carbocycles. The standard InChI is InChI=1S/C13H20N2O3/c1-3-10-4-5-12(18-10)11-8-17-7-6-15(11)13(16)9(2)14/h4-5,9,11H,3,6-8,14H2,1-2H3. The van der Waals surface area contributed by atoms with Gasteiger partial charge in [-0.2, -0.15) is 0 Å². The maximum atomic E-state index is 12.1. The Hall–Kier alpha value is -1.33. The Morgan fingerprint density at radius 1 is 1.61 bits per heavy atom. The lowest BCUT2D eigenvalue weighted by atomic mass is 10.1. The van der Waals surface area contributed by atoms with Crippen LogP contribution in [-0.2, 0) is 16.0 Å². The fourth-order valence-electron chi connectivity index (χ4n) is 2.13. The summed E-state index contributed by atoms with van der Waals surface area (Å²) >= 11 is 0. The number of hydrogen-bond acceptors (Lipinski definition) is 4. The highest BCUT2D eigenvalue weighted by Crippen LogP contribution is 2.26. The Morgan fingerprint density at radius 2 is 2.39 bits per heavy atom. The molecule has 2 rings (SSSR count). The molecule has 5 heteroatoms. The fraction of sp³-hybridized carbons (Fsp3) is 0.615. The number of carbonyl (C=O) groups is 1. The highest BCUT2D eigenvalue weighted by molar-refractivity contribution is 5.81. The van der Waals surface area contributed by atoms with Gasteiger partial charge in [0, 0.05) is 13.0 Å². The second-order valence-corrected chi connectivity index (χ2v) is 4.57. The Bertz CT molecular complexity index is 414. The van der Waals surface area contributed by atoms with Crippen LogP contribution in [0.2, 0.25) is 0 Å². The SMILES string of the molecule is CCc1ccc(C2COCCN2C(=O)C(C)N)o1. The first kappa shape index (κ1) is 13.1. The number of amides is 1. The highest BCUT2D eigenvalue weighted by atomic mass is 16.5. The summed E-state index contributed by atoms with van der Waals surface area (Å²) in [6, 6.07) is 3.21. The van der Waals surface area contributed by atoms with Crippen molar-refractivity contribution >= 4 is 5.91 Å². The number of furan rings is 1. The quantitative estimate of drug-likeness (QED) is 0.874. The third kappa shape index (κ3) is 2.57. The van der Waals surface area contributed by atoms with Gasteiger partial charge in [0.15, 0.2) is 0 Å². The molecule has 18 heavy (non-hydrogen) atoms. The maximum absolute atomic E-state index is 12.1. The van der Waals surface area contributed by atoms with E-state index in [9.17, 15) is 4.79 Å². The summed E-state index contributed by atoms with van der Waals surface area (Å²) in [6.45, 7) is 5.32. The molecule has 1 aliphatic heterocycles. The van der Waals surface area contributed by atoms with E-state index in [4.69, 9.17) is 14.9 Å². The Balaban J connectivity index is 2.19. The van der Waals surface area contributed by atoms with Gasteiger partial charge in [-0.15, -0.1) is 0 Å². The number of rotatable bonds is 3. The Kier molecular flexibility index (Phi) is 4.04. The molecule has 1 aromatic heterocycles. The van der Waals surface area contributed by atoms with Gasteiger partial charge in [-0.05, 0) is 19.1 Å². The third-order valence-corrected chi connectivity index (χ3v) is 3.16. The predicted octanol–water partition coefficient (Wildman–Crippen LogP) is 1.09. The summed E-state index contributed by atoms with van der Waals surface area (Å²) in [4.78, 5) is 13.8. The molecular formula is C13H20N2O3. The molecule has 0 aromatic carbocycles. The summed E-state index contributed by atoms with van der Waals surface area (Å²) in [5, 5.41) is 0. The van der Waals surface area contributed by atoms with Gasteiger partial charge >= 0.3 is 0 Å². The van der Waals surface area contributed by atoms with Crippen LogP contribution in [0.25, 0.3) is 0 Å². The molecule has 2 unspecified atom stereocenters. The van der Waals surface area contributed by atoms with E-state index < -0.39 is 6.04 Å². The smallest absolute Gasteiger partial charge is 0.239 e. The summed E-state index contributed by atoms with van der Waals surface area (Å²) in [5.41, 5.74) is 5.68. The highest BCUT2D eigenvalue weighted by Gasteiger charge is 2.32. The van der Waals surface area contributed by atoms with Gasteiger partial charge in [-0.3, -0.25) is 4.79 Å². The zero-order valence-corrected chi connectivity index (χ0v) is 10.9. The fourth-order valence-corrected chi connectivity index (χ4v) is 2.13. The van der Waals surface area contributed by atoms with E-state index in [1.54, 1.807) is 11.8 Å². The second kappa shape index (κ2) is 5.54. The summed E-state index contributed by atoms with van der Waals surface area (Å²) in [5.74, 6) is 1.64. The lowest BCUT2D eigenvalue weighted by Gasteiger charge is -2.35. The number of carbonyl (C=O) groups excluding carboxylic acids is 1. The molecule has 1 amide bonds. The van der Waals surface area contributed by atoms with Crippen LogP contribution in [-0.4, -0.2) is 36.6 Å². The van der Waals surface area contributed by atoms with Gasteiger partial charge in [0.05, 0.1) is 19.3 Å². The van der Waals surface area contributed by atoms with Crippen molar-refractivity contribution in [2.75, 3.05) is 19.8 Å². The molecule has 0 spiro atoms. The van der Waals surface area contributed by atoms with E-state index >= 15 is 0 Å². The van der Waals surface area contributed by atoms with E-state index in [1.165, 1.54) is 0 Å². The van der Waals surface area contributed by atoms with E-state index in [1.807, 2.05) is 19.1 Å². The van der Waals surface area contributed by atoms with E-state index in [0.29, 0.717) is 19.8 Å². The molecule has 0 aliphatic carbocycles. The van der Waals surface area contributed by atoms with Crippen LogP contribution >= 0.6 is 0 Å². The van der Waals surface area contributed by atoms with Gasteiger partial charge < -0.3 is 19.8 Å². The average Bonchev–Trinajstić information content (AvgIpc) is 2.86. The molecule has 100 valence electrons. The molecule has 0 bridgehead atoms. The van der Waals surface area contributed by atoms with Crippen LogP contribution in [0.15, 0.2) is 16.5 Å². The lowest BCUT2D eigenvalue weighted by molar-refractivity contribution is -0.142. The monoisotopic (exact) mass is 252 g/mol. The topological polar surface area (TPSA) is 68.7 Å². The second-order valence-electron chi connectivity index (χ2n) is 4.57. The number of nitrogens with two attached hydrogens (primary N) is 1. The average molecular weight is 252 g/mol. The van der Waals surface area contributed by atoms with Gasteiger partial charge in [0.1, 0.15) is 17.6 Å². The van der Waals surface area contributed by atoms with E-state index in [-0.39, 0.29) is 11.9 Å². The molecule has 2 atom stereocenters. The van der Waals surface area contributed by atoms with Crippen molar-refractivity contribution in [2.24, 2.45) is 5.73 Å². The van der Waals surface area contributed by atoms with Crippen molar-refractivity contribution in [3.8, 4) is 0 Å². The van der Waals surface area contributed by atoms with Crippen LogP contribution in [0.4, 0.5) is 0 Å². The number of nitrogens with zero attached hydrogens (tertiary/aromatic N) is 1. The van der Waals surface area contributed by atoms with Crippen LogP contribution in [0.3, 0.4) is 0 Å². The van der Waals surface area contributed by atoms with Crippen molar-refractivity contribution in [3.63, 3.8) is 0 Å². The van der Waals surface area contributed by atoms with Crippen molar-refractivity contribution < 1.29 is 13.9 Å². The van der Waals surface area contributed by atoms with Gasteiger partial charge in [-0.1, -0.05) is 6.92 Å². The van der Waals surface area contributed by atoms with Crippen LogP contribution in [0, 0.1) is 0 Å². The maximum Gasteiger partial charge on any atom is 0.239 e. The van der Waals surface area contributed by atoms with Crippen LogP contribution in [0.1, 0.15) is 31.4 Å². The first-order chi connectivity index (χ1) is 8.63. The normalized spacial score (nSPS) is 21.9. The zero-order chi connectivity index (χ0) is 13.1. The number of hydrogen-bond donors (Lipinski definition) is 1. The summed E-state index contributed by atoms with van der Waals surface area (Å²) < 4.78 is 11.2. The van der Waals surface area contributed by atoms with Crippen molar-refractivity contribution in [1.82, 2.24) is 4.90 Å². The molecule has 1 aromatic rings. The van der Waals surface area contributed by atoms with E-state index in [0.717, 1.165) is 17.9 Å². The zero-order valence-electron chi connectivity index (χ0n) is 10.9. The molecule has 5 nitrogen and oxygen atoms in total. The molecule has 2 N–H and O–H groups in total. The first-order valence-electron chi connectivity index (χ1n) is 6.36. The number of ether oxygens (including phenoxy) is 1. The molecule has 1 aliphatic rings. The van der Waals surface area contributed by atoms with Gasteiger partial charge in [-0.25, -0.2) is 0 Å². The Morgan fingerprint density at radius 3 is 3.00 bits per heavy atom. The van der Waals surface area contributed by atoms with E-state index in [2.05, 4.69) is 0 Å².